The first-order chi connectivity index (χ1) is 53.5. The Morgan fingerprint density at radius 1 is 0.167 bits per heavy atom. The van der Waals surface area contributed by atoms with Crippen LogP contribution in [0.5, 0.6) is 0 Å². The van der Waals surface area contributed by atoms with E-state index in [9.17, 15) is 0 Å². The highest BCUT2D eigenvalue weighted by molar-refractivity contribution is 6.24. The summed E-state index contributed by atoms with van der Waals surface area (Å²) in [5.74, 6) is 0. The summed E-state index contributed by atoms with van der Waals surface area (Å²) < 4.78 is 14.7. The largest absolute Gasteiger partial charge is 0.455 e. The van der Waals surface area contributed by atoms with Crippen molar-refractivity contribution in [3.8, 4) is 100 Å². The molecule has 108 heavy (non-hydrogen) atoms. The molecule has 20 aromatic rings. The smallest absolute Gasteiger partial charge is 0.147 e. The van der Waals surface area contributed by atoms with E-state index < -0.39 is 0 Å². The third kappa shape index (κ3) is 11.5. The van der Waals surface area contributed by atoms with E-state index in [1.807, 2.05) is 0 Å². The minimum Gasteiger partial charge on any atom is -0.455 e. The third-order valence-corrected chi connectivity index (χ3v) is 21.4. The van der Waals surface area contributed by atoms with Crippen LogP contribution in [0.4, 0.5) is 34.1 Å². The molecule has 2 aromatic heterocycles. The Bertz CT molecular complexity index is 6100. The quantitative estimate of drug-likeness (QED) is 0.102. The van der Waals surface area contributed by atoms with Crippen LogP contribution in [-0.2, 0) is 0 Å². The average Bonchev–Trinajstić information content (AvgIpc) is 1.55. The second-order valence-corrected chi connectivity index (χ2v) is 27.9. The van der Waals surface area contributed by atoms with Crippen molar-refractivity contribution >= 4 is 99.5 Å². The lowest BCUT2D eigenvalue weighted by atomic mass is 9.93. The van der Waals surface area contributed by atoms with E-state index >= 15 is 0 Å². The van der Waals surface area contributed by atoms with Crippen molar-refractivity contribution in [2.75, 3.05) is 9.80 Å². The Labute approximate surface area is 626 Å². The number of rotatable bonds is 15. The van der Waals surface area contributed by atoms with E-state index in [0.717, 1.165) is 200 Å². The summed E-state index contributed by atoms with van der Waals surface area (Å²) in [5, 5.41) is 8.40. The van der Waals surface area contributed by atoms with Crippen LogP contribution in [-0.4, -0.2) is 0 Å². The summed E-state index contributed by atoms with van der Waals surface area (Å²) in [4.78, 5) is 4.92. The molecule has 4 nitrogen and oxygen atoms in total. The standard InChI is InChI=1S/C104H68N2O2/c1-10-28-69(29-11-1)78-48-54-96(88(60-78)73-36-18-5-19-37-73)105(97-55-49-79(70-30-12-2-13-31-70)61-89(97)74-38-20-6-21-39-74)86-52-46-82-64-92-94-68-95-93-65-83-47-53-87(59-85(83)67-101(93)108-104(95)102(77-44-26-9-27-45-77)103(94)107-100(92)66-84(82)58-86)106(98-56-50-80(71-32-14-3-15-33-71)62-90(98)75-40-22-7-23-41-75)99-57-51-81(72-34-16-4-17-35-72)63-91(99)76-42-24-8-25-43-76/h1-68H. The normalized spacial score (nSPS) is 11.5. The summed E-state index contributed by atoms with van der Waals surface area (Å²) in [6.07, 6.45) is 0. The second-order valence-electron chi connectivity index (χ2n) is 27.9. The molecular weight excluding hydrogens is 1310 g/mol. The number of fused-ring (bicyclic) bond motifs is 8. The van der Waals surface area contributed by atoms with Gasteiger partial charge in [-0.1, -0.05) is 309 Å². The average molecular weight is 1380 g/mol. The zero-order valence-electron chi connectivity index (χ0n) is 59.0. The van der Waals surface area contributed by atoms with E-state index in [0.29, 0.717) is 0 Å². The van der Waals surface area contributed by atoms with Gasteiger partial charge >= 0.3 is 0 Å². The van der Waals surface area contributed by atoms with Gasteiger partial charge in [-0.25, -0.2) is 0 Å². The van der Waals surface area contributed by atoms with Crippen molar-refractivity contribution in [2.45, 2.75) is 0 Å². The summed E-state index contributed by atoms with van der Waals surface area (Å²) in [7, 11) is 0. The lowest BCUT2D eigenvalue weighted by molar-refractivity contribution is 0.658. The fourth-order valence-corrected chi connectivity index (χ4v) is 16.1. The first-order valence-electron chi connectivity index (χ1n) is 36.9. The molecule has 20 rings (SSSR count). The zero-order valence-corrected chi connectivity index (χ0v) is 59.0. The molecule has 0 aliphatic heterocycles. The monoisotopic (exact) mass is 1380 g/mol. The molecular formula is C104H68N2O2. The fourth-order valence-electron chi connectivity index (χ4n) is 16.1. The number of nitrogens with zero attached hydrogens (tertiary/aromatic N) is 2. The molecule has 2 heterocycles. The van der Waals surface area contributed by atoms with Crippen molar-refractivity contribution in [3.05, 3.63) is 413 Å². The summed E-state index contributed by atoms with van der Waals surface area (Å²) in [6.45, 7) is 0. The van der Waals surface area contributed by atoms with E-state index in [1.54, 1.807) is 0 Å². The van der Waals surface area contributed by atoms with Crippen molar-refractivity contribution in [2.24, 2.45) is 0 Å². The van der Waals surface area contributed by atoms with Crippen molar-refractivity contribution in [1.82, 2.24) is 0 Å². The van der Waals surface area contributed by atoms with Crippen molar-refractivity contribution < 1.29 is 8.83 Å². The molecule has 18 aromatic carbocycles. The van der Waals surface area contributed by atoms with Gasteiger partial charge in [0.2, 0.25) is 0 Å². The van der Waals surface area contributed by atoms with Crippen LogP contribution in [0, 0.1) is 0 Å². The van der Waals surface area contributed by atoms with E-state index in [1.165, 1.54) is 0 Å². The lowest BCUT2D eigenvalue weighted by Crippen LogP contribution is -2.13. The van der Waals surface area contributed by atoms with Gasteiger partial charge in [0.25, 0.3) is 0 Å². The molecule has 4 heteroatoms. The Hall–Kier alpha value is -14.3. The molecule has 506 valence electrons. The first-order valence-corrected chi connectivity index (χ1v) is 36.9. The number of furan rings is 2. The second kappa shape index (κ2) is 27.1. The molecule has 0 saturated heterocycles. The van der Waals surface area contributed by atoms with E-state index in [4.69, 9.17) is 8.83 Å². The van der Waals surface area contributed by atoms with Crippen LogP contribution in [0.15, 0.2) is 421 Å². The van der Waals surface area contributed by atoms with Crippen LogP contribution < -0.4 is 9.80 Å². The van der Waals surface area contributed by atoms with Gasteiger partial charge < -0.3 is 18.6 Å². The summed E-state index contributed by atoms with van der Waals surface area (Å²) in [6, 6.07) is 149. The Balaban J connectivity index is 0.760. The molecule has 0 bridgehead atoms. The summed E-state index contributed by atoms with van der Waals surface area (Å²) in [5.41, 5.74) is 29.5. The number of hydrogen-bond donors (Lipinski definition) is 0. The van der Waals surface area contributed by atoms with Crippen LogP contribution in [0.3, 0.4) is 0 Å². The molecule has 0 radical (unpaired) electrons. The highest BCUT2D eigenvalue weighted by Crippen LogP contribution is 2.52. The van der Waals surface area contributed by atoms with Gasteiger partial charge in [-0.05, 0) is 197 Å². The predicted molar refractivity (Wildman–Crippen MR) is 454 cm³/mol. The topological polar surface area (TPSA) is 32.8 Å². The molecule has 0 N–H and O–H groups in total. The maximum atomic E-state index is 7.36. The third-order valence-electron chi connectivity index (χ3n) is 21.4. The zero-order chi connectivity index (χ0) is 71.4. The van der Waals surface area contributed by atoms with Gasteiger partial charge in [-0.15, -0.1) is 0 Å². The van der Waals surface area contributed by atoms with Gasteiger partial charge in [0.1, 0.15) is 22.3 Å². The molecule has 0 aliphatic rings. The molecule has 0 aliphatic carbocycles. The number of anilines is 6. The minimum absolute atomic E-state index is 0.777. The molecule has 0 saturated carbocycles. The van der Waals surface area contributed by atoms with Crippen LogP contribution in [0.1, 0.15) is 0 Å². The highest BCUT2D eigenvalue weighted by Gasteiger charge is 2.28. The van der Waals surface area contributed by atoms with Crippen LogP contribution in [0.2, 0.25) is 0 Å². The summed E-state index contributed by atoms with van der Waals surface area (Å²) >= 11 is 0. The minimum atomic E-state index is 0.777. The fraction of sp³-hybridized carbons (Fsp3) is 0. The SMILES string of the molecule is c1ccc(-c2ccc(N(c3ccc4cc5c(cc4c3)oc3c(-c4ccccc4)c4oc6cc7cc(N(c8ccc(-c9ccccc9)cc8-c8ccccc8)c8ccc(-c9ccccc9)cc8-c8ccccc8)ccc7cc6c4cc35)c3ccc(-c4ccccc4)cc3-c3ccccc3)c(-c3ccccc3)c2)cc1. The molecule has 0 unspecified atom stereocenters. The van der Waals surface area contributed by atoms with Gasteiger partial charge in [-0.2, -0.15) is 0 Å². The number of benzene rings is 18. The molecule has 0 fully saturated rings. The van der Waals surface area contributed by atoms with E-state index in [-0.39, 0.29) is 0 Å². The maximum absolute atomic E-state index is 7.36. The van der Waals surface area contributed by atoms with Gasteiger partial charge in [-0.3, -0.25) is 0 Å². The maximum Gasteiger partial charge on any atom is 0.147 e. The Kier molecular flexibility index (Phi) is 15.9. The van der Waals surface area contributed by atoms with E-state index in [2.05, 4.69) is 422 Å². The van der Waals surface area contributed by atoms with Crippen LogP contribution >= 0.6 is 0 Å². The van der Waals surface area contributed by atoms with Crippen LogP contribution in [0.25, 0.3) is 166 Å². The van der Waals surface area contributed by atoms with Gasteiger partial charge in [0.15, 0.2) is 0 Å². The Morgan fingerprint density at radius 2 is 0.426 bits per heavy atom. The van der Waals surface area contributed by atoms with Crippen molar-refractivity contribution in [3.63, 3.8) is 0 Å². The Morgan fingerprint density at radius 3 is 0.704 bits per heavy atom. The highest BCUT2D eigenvalue weighted by atomic mass is 16.3. The van der Waals surface area contributed by atoms with Gasteiger partial charge in [0.05, 0.1) is 28.3 Å². The van der Waals surface area contributed by atoms with Crippen molar-refractivity contribution in [1.29, 1.82) is 0 Å². The lowest BCUT2D eigenvalue weighted by Gasteiger charge is -2.31. The molecule has 0 atom stereocenters. The molecule has 0 amide bonds. The first kappa shape index (κ1) is 63.4. The number of hydrogen-bond acceptors (Lipinski definition) is 4. The van der Waals surface area contributed by atoms with Gasteiger partial charge in [0, 0.05) is 55.2 Å². The predicted octanol–water partition coefficient (Wildman–Crippen LogP) is 29.7. The molecule has 0 spiro atoms.